The van der Waals surface area contributed by atoms with Crippen molar-refractivity contribution in [2.24, 2.45) is 5.92 Å². The fourth-order valence-electron chi connectivity index (χ4n) is 2.02. The molecule has 1 atom stereocenters. The molecule has 0 heterocycles. The van der Waals surface area contributed by atoms with Crippen LogP contribution in [0.3, 0.4) is 0 Å². The Labute approximate surface area is 127 Å². The maximum Gasteiger partial charge on any atom is 0.315 e. The molecule has 0 aromatic heterocycles. The summed E-state index contributed by atoms with van der Waals surface area (Å²) in [6, 6.07) is 7.85. The van der Waals surface area contributed by atoms with Crippen molar-refractivity contribution in [3.63, 3.8) is 0 Å². The minimum Gasteiger partial charge on any atom is -0.396 e. The second kappa shape index (κ2) is 8.52. The van der Waals surface area contributed by atoms with Gasteiger partial charge in [-0.3, -0.25) is 0 Å². The number of carbonyl (C=O) groups excluding carboxylic acids is 1. The van der Waals surface area contributed by atoms with Crippen LogP contribution in [0.15, 0.2) is 24.3 Å². The molecule has 0 bridgehead atoms. The second-order valence-corrected chi connectivity index (χ2v) is 5.75. The van der Waals surface area contributed by atoms with Crippen LogP contribution < -0.4 is 15.5 Å². The van der Waals surface area contributed by atoms with E-state index in [0.29, 0.717) is 18.9 Å². The van der Waals surface area contributed by atoms with Crippen LogP contribution in [0.2, 0.25) is 0 Å². The van der Waals surface area contributed by atoms with E-state index in [1.165, 1.54) is 0 Å². The molecule has 1 rings (SSSR count). The largest absolute Gasteiger partial charge is 0.396 e. The predicted octanol–water partition coefficient (Wildman–Crippen LogP) is 1.96. The van der Waals surface area contributed by atoms with Crippen molar-refractivity contribution in [2.45, 2.75) is 32.9 Å². The lowest BCUT2D eigenvalue weighted by molar-refractivity contribution is 0.218. The molecule has 0 fully saturated rings. The van der Waals surface area contributed by atoms with Crippen molar-refractivity contribution >= 4 is 11.7 Å². The van der Waals surface area contributed by atoms with Crippen molar-refractivity contribution in [1.82, 2.24) is 10.6 Å². The highest BCUT2D eigenvalue weighted by molar-refractivity contribution is 5.74. The third-order valence-corrected chi connectivity index (χ3v) is 3.47. The first-order valence-electron chi connectivity index (χ1n) is 7.35. The summed E-state index contributed by atoms with van der Waals surface area (Å²) in [4.78, 5) is 13.9. The minimum atomic E-state index is -0.196. The van der Waals surface area contributed by atoms with Crippen molar-refractivity contribution in [3.8, 4) is 0 Å². The number of nitrogens with zero attached hydrogens (tertiary/aromatic N) is 1. The van der Waals surface area contributed by atoms with E-state index in [1.807, 2.05) is 57.1 Å². The molecule has 1 aromatic rings. The van der Waals surface area contributed by atoms with Crippen molar-refractivity contribution in [3.05, 3.63) is 29.8 Å². The zero-order valence-corrected chi connectivity index (χ0v) is 13.4. The van der Waals surface area contributed by atoms with Crippen molar-refractivity contribution in [1.29, 1.82) is 0 Å². The third-order valence-electron chi connectivity index (χ3n) is 3.47. The van der Waals surface area contributed by atoms with Crippen LogP contribution in [0.25, 0.3) is 0 Å². The molecule has 3 N–H and O–H groups in total. The van der Waals surface area contributed by atoms with Crippen molar-refractivity contribution < 1.29 is 9.90 Å². The lowest BCUT2D eigenvalue weighted by Gasteiger charge is -2.21. The average molecular weight is 293 g/mol. The van der Waals surface area contributed by atoms with Gasteiger partial charge in [0.25, 0.3) is 0 Å². The number of nitrogens with one attached hydrogen (secondary N) is 2. The summed E-state index contributed by atoms with van der Waals surface area (Å²) in [7, 11) is 3.99. The summed E-state index contributed by atoms with van der Waals surface area (Å²) in [6.07, 6.45) is 0.572. The maximum atomic E-state index is 11.9. The number of benzene rings is 1. The molecule has 5 nitrogen and oxygen atoms in total. The van der Waals surface area contributed by atoms with Crippen LogP contribution in [0.5, 0.6) is 0 Å². The molecule has 118 valence electrons. The Morgan fingerprint density at radius 3 is 2.33 bits per heavy atom. The van der Waals surface area contributed by atoms with Gasteiger partial charge in [0, 0.05) is 39.0 Å². The zero-order valence-electron chi connectivity index (χ0n) is 13.4. The van der Waals surface area contributed by atoms with E-state index in [1.54, 1.807) is 0 Å². The fraction of sp³-hybridized carbons (Fsp3) is 0.562. The van der Waals surface area contributed by atoms with Gasteiger partial charge in [0.05, 0.1) is 0 Å². The topological polar surface area (TPSA) is 64.6 Å². The van der Waals surface area contributed by atoms with Gasteiger partial charge in [0.15, 0.2) is 0 Å². The van der Waals surface area contributed by atoms with E-state index in [-0.39, 0.29) is 18.7 Å². The van der Waals surface area contributed by atoms with Crippen LogP contribution in [-0.4, -0.2) is 37.9 Å². The smallest absolute Gasteiger partial charge is 0.315 e. The number of hydrogen-bond acceptors (Lipinski definition) is 3. The number of hydrogen-bond donors (Lipinski definition) is 3. The molecule has 0 aliphatic carbocycles. The Morgan fingerprint density at radius 1 is 1.24 bits per heavy atom. The van der Waals surface area contributed by atoms with E-state index in [0.717, 1.165) is 11.3 Å². The van der Waals surface area contributed by atoms with Gasteiger partial charge in [-0.05, 0) is 30.0 Å². The molecule has 0 radical (unpaired) electrons. The molecule has 1 aromatic carbocycles. The van der Waals surface area contributed by atoms with Gasteiger partial charge in [-0.2, -0.15) is 0 Å². The predicted molar refractivity (Wildman–Crippen MR) is 86.5 cm³/mol. The number of anilines is 1. The minimum absolute atomic E-state index is 0.00823. The number of aliphatic hydroxyl groups is 1. The van der Waals surface area contributed by atoms with E-state index in [4.69, 9.17) is 5.11 Å². The normalized spacial score (nSPS) is 12.1. The third kappa shape index (κ3) is 6.04. The lowest BCUT2D eigenvalue weighted by Crippen LogP contribution is -2.44. The number of amides is 2. The van der Waals surface area contributed by atoms with Gasteiger partial charge < -0.3 is 20.6 Å². The Hall–Kier alpha value is -1.75. The number of aliphatic hydroxyl groups excluding tert-OH is 1. The van der Waals surface area contributed by atoms with Gasteiger partial charge in [-0.1, -0.05) is 26.0 Å². The summed E-state index contributed by atoms with van der Waals surface area (Å²) < 4.78 is 0. The highest BCUT2D eigenvalue weighted by atomic mass is 16.3. The number of rotatable bonds is 7. The molecular formula is C16H27N3O2. The van der Waals surface area contributed by atoms with Gasteiger partial charge in [-0.25, -0.2) is 4.79 Å². The van der Waals surface area contributed by atoms with Gasteiger partial charge in [-0.15, -0.1) is 0 Å². The highest BCUT2D eigenvalue weighted by Crippen LogP contribution is 2.12. The summed E-state index contributed by atoms with van der Waals surface area (Å²) in [6.45, 7) is 4.62. The molecule has 0 saturated heterocycles. The molecule has 1 unspecified atom stereocenters. The standard InChI is InChI=1S/C16H27N3O2/c1-12(2)15(9-10-20)18-16(21)17-11-13-5-7-14(8-6-13)19(3)4/h5-8,12,15,20H,9-11H2,1-4H3,(H2,17,18,21). The highest BCUT2D eigenvalue weighted by Gasteiger charge is 2.15. The first-order chi connectivity index (χ1) is 9.93. The second-order valence-electron chi connectivity index (χ2n) is 5.75. The number of urea groups is 1. The molecule has 0 saturated carbocycles. The van der Waals surface area contributed by atoms with E-state index >= 15 is 0 Å². The summed E-state index contributed by atoms with van der Waals surface area (Å²) in [5.74, 6) is 0.294. The Balaban J connectivity index is 2.45. The average Bonchev–Trinajstić information content (AvgIpc) is 2.45. The van der Waals surface area contributed by atoms with E-state index in [9.17, 15) is 4.79 Å². The summed E-state index contributed by atoms with van der Waals surface area (Å²) in [5, 5.41) is 14.7. The van der Waals surface area contributed by atoms with Crippen LogP contribution in [0, 0.1) is 5.92 Å². The molecular weight excluding hydrogens is 266 g/mol. The van der Waals surface area contributed by atoms with Crippen molar-refractivity contribution in [2.75, 3.05) is 25.6 Å². The van der Waals surface area contributed by atoms with Gasteiger partial charge >= 0.3 is 6.03 Å². The van der Waals surface area contributed by atoms with Crippen LogP contribution in [-0.2, 0) is 6.54 Å². The van der Waals surface area contributed by atoms with Crippen LogP contribution >= 0.6 is 0 Å². The SMILES string of the molecule is CC(C)C(CCO)NC(=O)NCc1ccc(N(C)C)cc1. The zero-order chi connectivity index (χ0) is 15.8. The molecule has 21 heavy (non-hydrogen) atoms. The first-order valence-corrected chi connectivity index (χ1v) is 7.35. The van der Waals surface area contributed by atoms with Gasteiger partial charge in [0.1, 0.15) is 0 Å². The Bertz CT molecular complexity index is 430. The quantitative estimate of drug-likeness (QED) is 0.720. The van der Waals surface area contributed by atoms with E-state index in [2.05, 4.69) is 10.6 Å². The Morgan fingerprint density at radius 2 is 1.86 bits per heavy atom. The lowest BCUT2D eigenvalue weighted by atomic mass is 10.0. The maximum absolute atomic E-state index is 11.9. The first kappa shape index (κ1) is 17.3. The molecule has 2 amide bonds. The van der Waals surface area contributed by atoms with Crippen LogP contribution in [0.1, 0.15) is 25.8 Å². The summed E-state index contributed by atoms with van der Waals surface area (Å²) >= 11 is 0. The molecule has 0 aliphatic heterocycles. The summed E-state index contributed by atoms with van der Waals surface area (Å²) in [5.41, 5.74) is 2.19. The fourth-order valence-corrected chi connectivity index (χ4v) is 2.02. The number of carbonyl (C=O) groups is 1. The molecule has 5 heteroatoms. The van der Waals surface area contributed by atoms with Gasteiger partial charge in [0.2, 0.25) is 0 Å². The monoisotopic (exact) mass is 293 g/mol. The molecule has 0 aliphatic rings. The Kier molecular flexibility index (Phi) is 7.02. The van der Waals surface area contributed by atoms with Crippen LogP contribution in [0.4, 0.5) is 10.5 Å². The molecule has 0 spiro atoms. The van der Waals surface area contributed by atoms with E-state index < -0.39 is 0 Å².